The summed E-state index contributed by atoms with van der Waals surface area (Å²) >= 11 is 0. The van der Waals surface area contributed by atoms with Crippen LogP contribution in [0.3, 0.4) is 0 Å². The number of hydrogen-bond donors (Lipinski definition) is 2. The molecule has 3 atom stereocenters. The van der Waals surface area contributed by atoms with Crippen LogP contribution in [0.25, 0.3) is 0 Å². The maximum atomic E-state index is 10.7. The minimum atomic E-state index is -0.682. The first-order valence-electron chi connectivity index (χ1n) is 5.08. The van der Waals surface area contributed by atoms with Crippen molar-refractivity contribution in [3.63, 3.8) is 0 Å². The van der Waals surface area contributed by atoms with E-state index in [9.17, 15) is 4.79 Å². The summed E-state index contributed by atoms with van der Waals surface area (Å²) in [6.45, 7) is 0.556. The van der Waals surface area contributed by atoms with Crippen LogP contribution in [0.4, 0.5) is 0 Å². The van der Waals surface area contributed by atoms with Crippen molar-refractivity contribution in [2.75, 3.05) is 6.54 Å². The van der Waals surface area contributed by atoms with E-state index in [1.807, 2.05) is 0 Å². The highest BCUT2D eigenvalue weighted by molar-refractivity contribution is 5.68. The molecule has 0 aromatic rings. The fraction of sp³-hybridized carbons (Fsp3) is 0.900. The number of carboxylic acid groups (broad SMARTS) is 1. The zero-order valence-electron chi connectivity index (χ0n) is 7.83. The molecule has 2 aliphatic carbocycles. The SMILES string of the molecule is NC[C@]1(CC(=O)O)C[C@H]2CC[C@H]1C2. The van der Waals surface area contributed by atoms with E-state index in [-0.39, 0.29) is 11.8 Å². The quantitative estimate of drug-likeness (QED) is 0.691. The van der Waals surface area contributed by atoms with E-state index in [2.05, 4.69) is 0 Å². The summed E-state index contributed by atoms with van der Waals surface area (Å²) in [6, 6.07) is 0. The van der Waals surface area contributed by atoms with Crippen molar-refractivity contribution in [1.29, 1.82) is 0 Å². The largest absolute Gasteiger partial charge is 0.481 e. The number of hydrogen-bond acceptors (Lipinski definition) is 2. The molecule has 2 bridgehead atoms. The molecule has 74 valence electrons. The molecule has 0 radical (unpaired) electrons. The van der Waals surface area contributed by atoms with Gasteiger partial charge in [-0.2, -0.15) is 0 Å². The number of nitrogens with two attached hydrogens (primary N) is 1. The van der Waals surface area contributed by atoms with Gasteiger partial charge in [0.2, 0.25) is 0 Å². The van der Waals surface area contributed by atoms with E-state index in [1.54, 1.807) is 0 Å². The third kappa shape index (κ3) is 1.35. The smallest absolute Gasteiger partial charge is 0.303 e. The van der Waals surface area contributed by atoms with E-state index in [1.165, 1.54) is 19.3 Å². The second-order valence-electron chi connectivity index (χ2n) is 4.72. The molecule has 0 heterocycles. The van der Waals surface area contributed by atoms with Crippen LogP contribution in [0.15, 0.2) is 0 Å². The maximum Gasteiger partial charge on any atom is 0.303 e. The summed E-state index contributed by atoms with van der Waals surface area (Å²) in [5, 5.41) is 8.84. The predicted molar refractivity (Wildman–Crippen MR) is 49.2 cm³/mol. The predicted octanol–water partition coefficient (Wildman–Crippen LogP) is 1.23. The number of fused-ring (bicyclic) bond motifs is 2. The van der Waals surface area contributed by atoms with Crippen molar-refractivity contribution in [3.8, 4) is 0 Å². The highest BCUT2D eigenvalue weighted by atomic mass is 16.4. The average Bonchev–Trinajstić information content (AvgIpc) is 2.62. The van der Waals surface area contributed by atoms with Crippen LogP contribution in [0, 0.1) is 17.3 Å². The van der Waals surface area contributed by atoms with Crippen molar-refractivity contribution >= 4 is 5.97 Å². The Morgan fingerprint density at radius 1 is 1.54 bits per heavy atom. The van der Waals surface area contributed by atoms with Gasteiger partial charge < -0.3 is 10.8 Å². The Morgan fingerprint density at radius 3 is 2.69 bits per heavy atom. The number of carbonyl (C=O) groups is 1. The molecule has 3 heteroatoms. The first-order valence-corrected chi connectivity index (χ1v) is 5.08. The van der Waals surface area contributed by atoms with Gasteiger partial charge in [-0.25, -0.2) is 0 Å². The monoisotopic (exact) mass is 183 g/mol. The van der Waals surface area contributed by atoms with Gasteiger partial charge in [0.15, 0.2) is 0 Å². The minimum absolute atomic E-state index is 0.0469. The molecule has 3 nitrogen and oxygen atoms in total. The Bertz CT molecular complexity index is 229. The molecule has 3 N–H and O–H groups in total. The molecular formula is C10H17NO2. The van der Waals surface area contributed by atoms with Gasteiger partial charge in [0.1, 0.15) is 0 Å². The van der Waals surface area contributed by atoms with Crippen LogP contribution in [0.5, 0.6) is 0 Å². The lowest BCUT2D eigenvalue weighted by atomic mass is 9.71. The van der Waals surface area contributed by atoms with Gasteiger partial charge >= 0.3 is 5.97 Å². The second-order valence-corrected chi connectivity index (χ2v) is 4.72. The van der Waals surface area contributed by atoms with Crippen LogP contribution in [0.2, 0.25) is 0 Å². The van der Waals surface area contributed by atoms with E-state index in [0.717, 1.165) is 12.3 Å². The van der Waals surface area contributed by atoms with Crippen molar-refractivity contribution in [1.82, 2.24) is 0 Å². The van der Waals surface area contributed by atoms with Crippen molar-refractivity contribution < 1.29 is 9.90 Å². The molecule has 0 saturated heterocycles. The summed E-state index contributed by atoms with van der Waals surface area (Å²) in [6.07, 6.45) is 5.07. The highest BCUT2D eigenvalue weighted by Gasteiger charge is 2.50. The van der Waals surface area contributed by atoms with Gasteiger partial charge in [-0.1, -0.05) is 6.42 Å². The Kier molecular flexibility index (Phi) is 2.06. The van der Waals surface area contributed by atoms with Crippen LogP contribution in [-0.2, 0) is 4.79 Å². The van der Waals surface area contributed by atoms with Gasteiger partial charge in [-0.05, 0) is 43.1 Å². The number of aliphatic carboxylic acids is 1. The molecule has 2 rings (SSSR count). The molecule has 2 fully saturated rings. The van der Waals surface area contributed by atoms with Crippen molar-refractivity contribution in [2.24, 2.45) is 23.0 Å². The second kappa shape index (κ2) is 2.98. The summed E-state index contributed by atoms with van der Waals surface area (Å²) in [5.74, 6) is 0.685. The van der Waals surface area contributed by atoms with E-state index < -0.39 is 5.97 Å². The maximum absolute atomic E-state index is 10.7. The topological polar surface area (TPSA) is 63.3 Å². The zero-order chi connectivity index (χ0) is 9.47. The molecule has 0 aromatic carbocycles. The lowest BCUT2D eigenvalue weighted by Gasteiger charge is -2.35. The fourth-order valence-corrected chi connectivity index (χ4v) is 3.40. The summed E-state index contributed by atoms with van der Waals surface area (Å²) in [5.41, 5.74) is 5.69. The van der Waals surface area contributed by atoms with Gasteiger partial charge in [0.05, 0.1) is 6.42 Å². The zero-order valence-corrected chi connectivity index (χ0v) is 7.83. The van der Waals surface area contributed by atoms with Gasteiger partial charge in [0, 0.05) is 0 Å². The van der Waals surface area contributed by atoms with Gasteiger partial charge in [-0.15, -0.1) is 0 Å². The van der Waals surface area contributed by atoms with E-state index in [4.69, 9.17) is 10.8 Å². The molecule has 2 aliphatic rings. The third-order valence-corrected chi connectivity index (χ3v) is 4.01. The fourth-order valence-electron chi connectivity index (χ4n) is 3.40. The number of rotatable bonds is 3. The summed E-state index contributed by atoms with van der Waals surface area (Å²) < 4.78 is 0. The van der Waals surface area contributed by atoms with Crippen LogP contribution in [-0.4, -0.2) is 17.6 Å². The van der Waals surface area contributed by atoms with Gasteiger partial charge in [0.25, 0.3) is 0 Å². The van der Waals surface area contributed by atoms with Crippen molar-refractivity contribution in [3.05, 3.63) is 0 Å². The molecular weight excluding hydrogens is 166 g/mol. The molecule has 0 amide bonds. The number of carboxylic acids is 1. The van der Waals surface area contributed by atoms with Crippen LogP contribution >= 0.6 is 0 Å². The molecule has 0 unspecified atom stereocenters. The Hall–Kier alpha value is -0.570. The average molecular weight is 183 g/mol. The van der Waals surface area contributed by atoms with E-state index in [0.29, 0.717) is 12.5 Å². The normalized spacial score (nSPS) is 42.5. The van der Waals surface area contributed by atoms with Crippen molar-refractivity contribution in [2.45, 2.75) is 32.1 Å². The lowest BCUT2D eigenvalue weighted by molar-refractivity contribution is -0.140. The molecule has 13 heavy (non-hydrogen) atoms. The molecule has 2 saturated carbocycles. The standard InChI is InChI=1S/C10H17NO2/c11-6-10(5-9(12)13)4-7-1-2-8(10)3-7/h7-8H,1-6,11H2,(H,12,13)/t7-,8-,10+/m0/s1. The van der Waals surface area contributed by atoms with Crippen LogP contribution in [0.1, 0.15) is 32.1 Å². The molecule has 0 aliphatic heterocycles. The van der Waals surface area contributed by atoms with E-state index >= 15 is 0 Å². The third-order valence-electron chi connectivity index (χ3n) is 4.01. The lowest BCUT2D eigenvalue weighted by Crippen LogP contribution is -2.37. The minimum Gasteiger partial charge on any atom is -0.481 e. The van der Waals surface area contributed by atoms with Gasteiger partial charge in [-0.3, -0.25) is 4.79 Å². The summed E-state index contributed by atoms with van der Waals surface area (Å²) in [4.78, 5) is 10.7. The Labute approximate surface area is 78.3 Å². The highest BCUT2D eigenvalue weighted by Crippen LogP contribution is 2.56. The Morgan fingerprint density at radius 2 is 2.31 bits per heavy atom. The summed E-state index contributed by atoms with van der Waals surface area (Å²) in [7, 11) is 0. The first-order chi connectivity index (χ1) is 6.16. The Balaban J connectivity index is 2.12. The molecule has 0 aromatic heterocycles. The van der Waals surface area contributed by atoms with Crippen LogP contribution < -0.4 is 5.73 Å². The first kappa shape index (κ1) is 9.00. The molecule has 0 spiro atoms.